The lowest BCUT2D eigenvalue weighted by atomic mass is 9.99. The van der Waals surface area contributed by atoms with E-state index in [0.29, 0.717) is 19.3 Å². The zero-order valence-electron chi connectivity index (χ0n) is 43.2. The van der Waals surface area contributed by atoms with Crippen LogP contribution in [-0.4, -0.2) is 37.2 Å². The Labute approximate surface area is 393 Å². The Bertz CT molecular complexity index is 966. The average Bonchev–Trinajstić information content (AvgIpc) is 3.28. The molecule has 0 amide bonds. The summed E-state index contributed by atoms with van der Waals surface area (Å²) >= 11 is 0. The summed E-state index contributed by atoms with van der Waals surface area (Å²) in [5.74, 6) is 0.873. The van der Waals surface area contributed by atoms with E-state index in [1.54, 1.807) is 0 Å². The first kappa shape index (κ1) is 61.4. The van der Waals surface area contributed by atoms with E-state index >= 15 is 0 Å². The van der Waals surface area contributed by atoms with E-state index in [0.717, 1.165) is 69.6 Å². The van der Waals surface area contributed by atoms with Crippen LogP contribution in [0.2, 0.25) is 0 Å². The molecule has 0 aromatic carbocycles. The van der Waals surface area contributed by atoms with Gasteiger partial charge in [-0.25, -0.2) is 0 Å². The fourth-order valence-electron chi connectivity index (χ4n) is 8.63. The van der Waals surface area contributed by atoms with Crippen molar-refractivity contribution in [3.05, 3.63) is 0 Å². The van der Waals surface area contributed by atoms with Gasteiger partial charge >= 0.3 is 17.9 Å². The van der Waals surface area contributed by atoms with Crippen LogP contribution in [-0.2, 0) is 28.6 Å². The van der Waals surface area contributed by atoms with E-state index in [4.69, 9.17) is 14.2 Å². The third-order valence-corrected chi connectivity index (χ3v) is 13.7. The molecule has 0 N–H and O–H groups in total. The van der Waals surface area contributed by atoms with E-state index in [2.05, 4.69) is 34.6 Å². The minimum absolute atomic E-state index is 0.0637. The number of hydrogen-bond acceptors (Lipinski definition) is 6. The molecule has 6 heteroatoms. The number of carbonyl (C=O) groups is 3. The van der Waals surface area contributed by atoms with Gasteiger partial charge in [0, 0.05) is 19.3 Å². The predicted molar refractivity (Wildman–Crippen MR) is 270 cm³/mol. The van der Waals surface area contributed by atoms with Crippen LogP contribution in [0.15, 0.2) is 0 Å². The first-order valence-electron chi connectivity index (χ1n) is 28.3. The zero-order chi connectivity index (χ0) is 46.1. The maximum atomic E-state index is 12.8. The number of ether oxygens (including phenoxy) is 3. The van der Waals surface area contributed by atoms with Crippen molar-refractivity contribution in [2.45, 2.75) is 323 Å². The van der Waals surface area contributed by atoms with Crippen molar-refractivity contribution in [1.82, 2.24) is 0 Å². The number of hydrogen-bond donors (Lipinski definition) is 0. The lowest BCUT2D eigenvalue weighted by molar-refractivity contribution is -0.167. The van der Waals surface area contributed by atoms with Gasteiger partial charge in [0.15, 0.2) is 6.10 Å². The van der Waals surface area contributed by atoms with Crippen molar-refractivity contribution in [3.63, 3.8) is 0 Å². The molecule has 0 fully saturated rings. The van der Waals surface area contributed by atoms with Crippen LogP contribution in [0.4, 0.5) is 0 Å². The van der Waals surface area contributed by atoms with Gasteiger partial charge in [0.25, 0.3) is 0 Å². The molecule has 2 unspecified atom stereocenters. The van der Waals surface area contributed by atoms with Crippen LogP contribution in [0.1, 0.15) is 317 Å². The van der Waals surface area contributed by atoms with Gasteiger partial charge in [0.05, 0.1) is 0 Å². The highest BCUT2D eigenvalue weighted by Crippen LogP contribution is 2.19. The molecule has 63 heavy (non-hydrogen) atoms. The minimum atomic E-state index is -0.763. The first-order chi connectivity index (χ1) is 30.8. The SMILES string of the molecule is CCCCCCCCCCCCCCCCCCCCCC(=O)O[C@H](COC(=O)CCCCCCCCCCCCC(C)CC)COC(=O)CCCCCCCCCCC(C)CC. The molecule has 6 nitrogen and oxygen atoms in total. The third kappa shape index (κ3) is 48.2. The van der Waals surface area contributed by atoms with E-state index < -0.39 is 6.10 Å². The van der Waals surface area contributed by atoms with Gasteiger partial charge in [0.2, 0.25) is 0 Å². The lowest BCUT2D eigenvalue weighted by Gasteiger charge is -2.18. The summed E-state index contributed by atoms with van der Waals surface area (Å²) in [6, 6.07) is 0. The Morgan fingerprint density at radius 3 is 0.825 bits per heavy atom. The summed E-state index contributed by atoms with van der Waals surface area (Å²) in [7, 11) is 0. The van der Waals surface area contributed by atoms with Crippen molar-refractivity contribution in [3.8, 4) is 0 Å². The molecule has 0 bridgehead atoms. The minimum Gasteiger partial charge on any atom is -0.462 e. The number of carbonyl (C=O) groups excluding carboxylic acids is 3. The number of unbranched alkanes of at least 4 members (excludes halogenated alkanes) is 34. The van der Waals surface area contributed by atoms with Gasteiger partial charge in [-0.2, -0.15) is 0 Å². The molecular weight excluding hydrogens is 781 g/mol. The second kappa shape index (κ2) is 49.8. The standard InChI is InChI=1S/C57H110O6/c1-6-9-10-11-12-13-14-15-16-17-18-19-20-21-22-27-34-39-44-49-57(60)63-54(51-62-56(59)48-43-38-33-29-28-31-36-41-46-53(5)8-3)50-61-55(58)47-42-37-32-26-24-23-25-30-35-40-45-52(4)7-2/h52-54H,6-51H2,1-5H3/t52?,53?,54-/m1/s1. The molecule has 0 rings (SSSR count). The lowest BCUT2D eigenvalue weighted by Crippen LogP contribution is -2.30. The summed E-state index contributed by atoms with van der Waals surface area (Å²) in [5.41, 5.74) is 0. The van der Waals surface area contributed by atoms with Crippen LogP contribution in [0.25, 0.3) is 0 Å². The Hall–Kier alpha value is -1.59. The Morgan fingerprint density at radius 2 is 0.556 bits per heavy atom. The van der Waals surface area contributed by atoms with Crippen LogP contribution < -0.4 is 0 Å². The maximum Gasteiger partial charge on any atom is 0.306 e. The van der Waals surface area contributed by atoms with Crippen molar-refractivity contribution in [1.29, 1.82) is 0 Å². The zero-order valence-corrected chi connectivity index (χ0v) is 43.2. The second-order valence-corrected chi connectivity index (χ2v) is 20.1. The Kier molecular flexibility index (Phi) is 48.6. The van der Waals surface area contributed by atoms with Crippen LogP contribution in [0, 0.1) is 11.8 Å². The van der Waals surface area contributed by atoms with Crippen molar-refractivity contribution >= 4 is 17.9 Å². The topological polar surface area (TPSA) is 78.9 Å². The first-order valence-corrected chi connectivity index (χ1v) is 28.3. The van der Waals surface area contributed by atoms with E-state index in [-0.39, 0.29) is 31.1 Å². The Morgan fingerprint density at radius 1 is 0.317 bits per heavy atom. The molecular formula is C57H110O6. The van der Waals surface area contributed by atoms with E-state index in [1.165, 1.54) is 205 Å². The van der Waals surface area contributed by atoms with Gasteiger partial charge < -0.3 is 14.2 Å². The Balaban J connectivity index is 4.29. The molecule has 374 valence electrons. The molecule has 3 atom stereocenters. The van der Waals surface area contributed by atoms with Crippen LogP contribution >= 0.6 is 0 Å². The molecule has 0 heterocycles. The molecule has 0 radical (unpaired) electrons. The maximum absolute atomic E-state index is 12.8. The second-order valence-electron chi connectivity index (χ2n) is 20.1. The summed E-state index contributed by atoms with van der Waals surface area (Å²) in [6.07, 6.45) is 52.3. The van der Waals surface area contributed by atoms with Crippen LogP contribution in [0.5, 0.6) is 0 Å². The van der Waals surface area contributed by atoms with Gasteiger partial charge in [0.1, 0.15) is 13.2 Å². The molecule has 0 saturated heterocycles. The fourth-order valence-corrected chi connectivity index (χ4v) is 8.63. The van der Waals surface area contributed by atoms with Gasteiger partial charge in [-0.1, -0.05) is 279 Å². The van der Waals surface area contributed by atoms with Gasteiger partial charge in [-0.15, -0.1) is 0 Å². The van der Waals surface area contributed by atoms with Crippen molar-refractivity contribution in [2.24, 2.45) is 11.8 Å². The average molecular weight is 892 g/mol. The van der Waals surface area contributed by atoms with Gasteiger partial charge in [-0.05, 0) is 31.1 Å². The summed E-state index contributed by atoms with van der Waals surface area (Å²) < 4.78 is 16.9. The molecule has 0 aliphatic rings. The van der Waals surface area contributed by atoms with Gasteiger partial charge in [-0.3, -0.25) is 14.4 Å². The highest BCUT2D eigenvalue weighted by atomic mass is 16.6. The molecule has 0 aromatic heterocycles. The summed E-state index contributed by atoms with van der Waals surface area (Å²) in [6.45, 7) is 11.4. The van der Waals surface area contributed by atoms with Crippen LogP contribution in [0.3, 0.4) is 0 Å². The molecule has 0 aliphatic heterocycles. The molecule has 0 aliphatic carbocycles. The van der Waals surface area contributed by atoms with Crippen molar-refractivity contribution in [2.75, 3.05) is 13.2 Å². The van der Waals surface area contributed by atoms with E-state index in [1.807, 2.05) is 0 Å². The fraction of sp³-hybridized carbons (Fsp3) is 0.947. The largest absolute Gasteiger partial charge is 0.462 e. The molecule has 0 saturated carbocycles. The smallest absolute Gasteiger partial charge is 0.306 e. The summed E-state index contributed by atoms with van der Waals surface area (Å²) in [5, 5.41) is 0. The molecule has 0 spiro atoms. The van der Waals surface area contributed by atoms with E-state index in [9.17, 15) is 14.4 Å². The number of esters is 3. The highest BCUT2D eigenvalue weighted by Gasteiger charge is 2.19. The number of rotatable bonds is 51. The normalized spacial score (nSPS) is 12.9. The monoisotopic (exact) mass is 891 g/mol. The highest BCUT2D eigenvalue weighted by molar-refractivity contribution is 5.71. The quantitative estimate of drug-likeness (QED) is 0.0344. The predicted octanol–water partition coefficient (Wildman–Crippen LogP) is 18.5. The molecule has 0 aromatic rings. The van der Waals surface area contributed by atoms with Crippen molar-refractivity contribution < 1.29 is 28.6 Å². The third-order valence-electron chi connectivity index (χ3n) is 13.7. The summed E-state index contributed by atoms with van der Waals surface area (Å²) in [4.78, 5) is 38.1.